The van der Waals surface area contributed by atoms with Gasteiger partial charge in [0.1, 0.15) is 0 Å². The molecule has 0 aliphatic carbocycles. The Bertz CT molecular complexity index is 594. The van der Waals surface area contributed by atoms with E-state index in [-0.39, 0.29) is 11.4 Å². The Balaban J connectivity index is 2.26. The van der Waals surface area contributed by atoms with Crippen LogP contribution >= 0.6 is 0 Å². The van der Waals surface area contributed by atoms with Gasteiger partial charge in [-0.15, -0.1) is 0 Å². The van der Waals surface area contributed by atoms with Gasteiger partial charge in [-0.3, -0.25) is 14.9 Å². The number of carbonyl (C=O) groups excluding carboxylic acids is 1. The highest BCUT2D eigenvalue weighted by Crippen LogP contribution is 2.22. The van der Waals surface area contributed by atoms with Gasteiger partial charge >= 0.3 is 0 Å². The lowest BCUT2D eigenvalue weighted by atomic mass is 10.2. The van der Waals surface area contributed by atoms with Gasteiger partial charge in [0.25, 0.3) is 11.6 Å². The molecule has 0 saturated heterocycles. The quantitative estimate of drug-likeness (QED) is 0.626. The Hall–Kier alpha value is -2.77. The molecular formula is C10H9N5O3. The number of carbonyl (C=O) groups is 1. The molecule has 18 heavy (non-hydrogen) atoms. The summed E-state index contributed by atoms with van der Waals surface area (Å²) in [4.78, 5) is 21.8. The van der Waals surface area contributed by atoms with E-state index in [0.29, 0.717) is 5.69 Å². The van der Waals surface area contributed by atoms with Crippen LogP contribution in [0.1, 0.15) is 16.1 Å². The summed E-state index contributed by atoms with van der Waals surface area (Å²) >= 11 is 0. The molecule has 2 N–H and O–H groups in total. The minimum Gasteiger partial charge on any atom is -0.320 e. The van der Waals surface area contributed by atoms with Gasteiger partial charge in [-0.05, 0) is 12.5 Å². The Morgan fingerprint density at radius 2 is 2.28 bits per heavy atom. The number of H-pyrrole nitrogens is 1. The monoisotopic (exact) mass is 247 g/mol. The summed E-state index contributed by atoms with van der Waals surface area (Å²) < 4.78 is 0. The van der Waals surface area contributed by atoms with Gasteiger partial charge in [0, 0.05) is 12.1 Å². The molecule has 1 heterocycles. The Labute approximate surface area is 101 Å². The fourth-order valence-corrected chi connectivity index (χ4v) is 1.36. The van der Waals surface area contributed by atoms with Crippen LogP contribution in [0.5, 0.6) is 0 Å². The summed E-state index contributed by atoms with van der Waals surface area (Å²) in [5.74, 6) is -0.479. The first kappa shape index (κ1) is 11.7. The number of non-ortho nitro benzene ring substituents is 1. The topological polar surface area (TPSA) is 114 Å². The van der Waals surface area contributed by atoms with E-state index in [1.807, 2.05) is 0 Å². The van der Waals surface area contributed by atoms with Crippen molar-refractivity contribution in [3.8, 4) is 0 Å². The second-order valence-electron chi connectivity index (χ2n) is 3.57. The Morgan fingerprint density at radius 1 is 1.50 bits per heavy atom. The molecule has 2 aromatic rings. The lowest BCUT2D eigenvalue weighted by Gasteiger charge is -2.06. The summed E-state index contributed by atoms with van der Waals surface area (Å²) in [6.07, 6.45) is 1.27. The van der Waals surface area contributed by atoms with Crippen molar-refractivity contribution in [3.63, 3.8) is 0 Å². The number of amides is 1. The van der Waals surface area contributed by atoms with E-state index in [2.05, 4.69) is 20.7 Å². The summed E-state index contributed by atoms with van der Waals surface area (Å²) in [6.45, 7) is 1.74. The molecule has 1 aromatic heterocycles. The molecule has 0 fully saturated rings. The van der Waals surface area contributed by atoms with Crippen LogP contribution in [0.15, 0.2) is 24.4 Å². The Morgan fingerprint density at radius 3 is 2.89 bits per heavy atom. The summed E-state index contributed by atoms with van der Waals surface area (Å²) in [5.41, 5.74) is 1.12. The predicted octanol–water partition coefficient (Wildman–Crippen LogP) is 1.27. The number of anilines is 1. The number of benzene rings is 1. The number of nitro benzene ring substituents is 1. The fourth-order valence-electron chi connectivity index (χ4n) is 1.36. The molecular weight excluding hydrogens is 238 g/mol. The highest BCUT2D eigenvalue weighted by Gasteiger charge is 2.13. The maximum absolute atomic E-state index is 11.7. The first-order chi connectivity index (χ1) is 8.58. The summed E-state index contributed by atoms with van der Waals surface area (Å²) in [6, 6.07) is 4.24. The molecule has 0 aliphatic rings. The largest absolute Gasteiger partial charge is 0.320 e. The summed E-state index contributed by atoms with van der Waals surface area (Å²) in [5, 5.41) is 22.6. The van der Waals surface area contributed by atoms with Crippen molar-refractivity contribution in [3.05, 3.63) is 45.8 Å². The maximum atomic E-state index is 11.7. The molecule has 0 atom stereocenters. The number of nitrogens with one attached hydrogen (secondary N) is 2. The molecule has 0 saturated carbocycles. The lowest BCUT2D eigenvalue weighted by Crippen LogP contribution is -2.13. The highest BCUT2D eigenvalue weighted by atomic mass is 16.6. The SMILES string of the molecule is Cc1ccc([N+](=O)[O-])cc1NC(=O)c1cn[nH]n1. The predicted molar refractivity (Wildman–Crippen MR) is 62.2 cm³/mol. The van der Waals surface area contributed by atoms with Crippen LogP contribution in [0.3, 0.4) is 0 Å². The van der Waals surface area contributed by atoms with Crippen molar-refractivity contribution in [1.29, 1.82) is 0 Å². The van der Waals surface area contributed by atoms with Gasteiger partial charge in [-0.25, -0.2) is 0 Å². The number of hydrogen-bond donors (Lipinski definition) is 2. The molecule has 92 valence electrons. The third kappa shape index (κ3) is 2.32. The van der Waals surface area contributed by atoms with E-state index in [4.69, 9.17) is 0 Å². The van der Waals surface area contributed by atoms with Crippen molar-refractivity contribution < 1.29 is 9.72 Å². The number of hydrogen-bond acceptors (Lipinski definition) is 5. The van der Waals surface area contributed by atoms with Crippen molar-refractivity contribution in [2.45, 2.75) is 6.92 Å². The van der Waals surface area contributed by atoms with E-state index in [9.17, 15) is 14.9 Å². The Kier molecular flexibility index (Phi) is 3.00. The second-order valence-corrected chi connectivity index (χ2v) is 3.57. The van der Waals surface area contributed by atoms with E-state index >= 15 is 0 Å². The van der Waals surface area contributed by atoms with Gasteiger partial charge in [0.2, 0.25) is 0 Å². The number of aryl methyl sites for hydroxylation is 1. The zero-order chi connectivity index (χ0) is 13.1. The van der Waals surface area contributed by atoms with E-state index in [0.717, 1.165) is 5.56 Å². The average Bonchev–Trinajstić information content (AvgIpc) is 2.85. The highest BCUT2D eigenvalue weighted by molar-refractivity contribution is 6.03. The number of aromatic nitrogens is 3. The van der Waals surface area contributed by atoms with Gasteiger partial charge in [0.15, 0.2) is 5.69 Å². The van der Waals surface area contributed by atoms with Gasteiger partial charge in [-0.1, -0.05) is 6.07 Å². The van der Waals surface area contributed by atoms with Gasteiger partial charge < -0.3 is 5.32 Å². The van der Waals surface area contributed by atoms with Crippen LogP contribution in [-0.2, 0) is 0 Å². The lowest BCUT2D eigenvalue weighted by molar-refractivity contribution is -0.384. The normalized spacial score (nSPS) is 10.1. The zero-order valence-electron chi connectivity index (χ0n) is 9.38. The first-order valence-electron chi connectivity index (χ1n) is 5.00. The summed E-state index contributed by atoms with van der Waals surface area (Å²) in [7, 11) is 0. The minimum atomic E-state index is -0.523. The van der Waals surface area contributed by atoms with Crippen LogP contribution in [0.2, 0.25) is 0 Å². The molecule has 0 bridgehead atoms. The van der Waals surface area contributed by atoms with Crippen LogP contribution in [0.4, 0.5) is 11.4 Å². The smallest absolute Gasteiger partial charge is 0.277 e. The van der Waals surface area contributed by atoms with Crippen LogP contribution in [0.25, 0.3) is 0 Å². The van der Waals surface area contributed by atoms with Gasteiger partial charge in [-0.2, -0.15) is 15.4 Å². The van der Waals surface area contributed by atoms with E-state index in [1.54, 1.807) is 13.0 Å². The van der Waals surface area contributed by atoms with Crippen molar-refractivity contribution in [1.82, 2.24) is 15.4 Å². The van der Waals surface area contributed by atoms with Crippen molar-refractivity contribution in [2.24, 2.45) is 0 Å². The third-order valence-corrected chi connectivity index (χ3v) is 2.33. The molecule has 0 unspecified atom stereocenters. The number of nitro groups is 1. The zero-order valence-corrected chi connectivity index (χ0v) is 9.38. The molecule has 8 heteroatoms. The molecule has 0 spiro atoms. The second kappa shape index (κ2) is 4.62. The minimum absolute atomic E-state index is 0.0870. The number of aromatic amines is 1. The molecule has 0 aliphatic heterocycles. The molecule has 2 rings (SSSR count). The number of nitrogens with zero attached hydrogens (tertiary/aromatic N) is 3. The first-order valence-corrected chi connectivity index (χ1v) is 5.00. The van der Waals surface area contributed by atoms with Crippen LogP contribution in [-0.4, -0.2) is 26.2 Å². The van der Waals surface area contributed by atoms with E-state index in [1.165, 1.54) is 18.3 Å². The van der Waals surface area contributed by atoms with Gasteiger partial charge in [0.05, 0.1) is 16.8 Å². The maximum Gasteiger partial charge on any atom is 0.277 e. The third-order valence-electron chi connectivity index (χ3n) is 2.33. The molecule has 1 amide bonds. The molecule has 8 nitrogen and oxygen atoms in total. The molecule has 1 aromatic carbocycles. The molecule has 0 radical (unpaired) electrons. The van der Waals surface area contributed by atoms with Crippen molar-refractivity contribution >= 4 is 17.3 Å². The fraction of sp³-hybridized carbons (Fsp3) is 0.100. The van der Waals surface area contributed by atoms with Crippen LogP contribution < -0.4 is 5.32 Å². The van der Waals surface area contributed by atoms with Crippen molar-refractivity contribution in [2.75, 3.05) is 5.32 Å². The standard InChI is InChI=1S/C10H9N5O3/c1-6-2-3-7(15(17)18)4-8(6)12-10(16)9-5-11-14-13-9/h2-5H,1H3,(H,12,16)(H,11,13,14). The van der Waals surface area contributed by atoms with Crippen LogP contribution in [0, 0.1) is 17.0 Å². The van der Waals surface area contributed by atoms with E-state index < -0.39 is 10.8 Å². The number of rotatable bonds is 3. The average molecular weight is 247 g/mol.